The van der Waals surface area contributed by atoms with E-state index < -0.39 is 0 Å². The van der Waals surface area contributed by atoms with Gasteiger partial charge in [0.2, 0.25) is 5.89 Å². The van der Waals surface area contributed by atoms with Gasteiger partial charge in [-0.3, -0.25) is 0 Å². The monoisotopic (exact) mass is 285 g/mol. The van der Waals surface area contributed by atoms with Crippen LogP contribution in [-0.4, -0.2) is 10.2 Å². The average Bonchev–Trinajstić information content (AvgIpc) is 2.97. The van der Waals surface area contributed by atoms with Gasteiger partial charge in [0.25, 0.3) is 0 Å². The first-order chi connectivity index (χ1) is 9.85. The molecule has 1 N–H and O–H groups in total. The minimum absolute atomic E-state index is 0.210. The maximum absolute atomic E-state index is 5.61. The van der Waals surface area contributed by atoms with Crippen LogP contribution in [0, 0.1) is 0 Å². The largest absolute Gasteiger partial charge is 0.407 e. The first kappa shape index (κ1) is 12.7. The first-order valence-electron chi connectivity index (χ1n) is 6.16. The summed E-state index contributed by atoms with van der Waals surface area (Å²) in [5, 5.41) is 10.7. The summed E-state index contributed by atoms with van der Waals surface area (Å²) in [6.07, 6.45) is 0. The van der Waals surface area contributed by atoms with E-state index >= 15 is 0 Å². The molecule has 0 aliphatic rings. The molecule has 0 saturated carbocycles. The van der Waals surface area contributed by atoms with Crippen molar-refractivity contribution in [3.8, 4) is 11.1 Å². The van der Waals surface area contributed by atoms with Gasteiger partial charge in [0.05, 0.1) is 0 Å². The Kier molecular flexibility index (Phi) is 3.65. The average molecular weight is 286 g/mol. The lowest BCUT2D eigenvalue weighted by Crippen LogP contribution is -1.90. The summed E-state index contributed by atoms with van der Waals surface area (Å²) < 4.78 is 5.29. The van der Waals surface area contributed by atoms with Gasteiger partial charge in [-0.15, -0.1) is 16.7 Å². The van der Waals surface area contributed by atoms with Gasteiger partial charge in [0, 0.05) is 5.69 Å². The Hall–Kier alpha value is -2.33. The van der Waals surface area contributed by atoms with Crippen LogP contribution in [0.25, 0.3) is 11.1 Å². The normalized spacial score (nSPS) is 10.4. The molecule has 3 rings (SSSR count). The van der Waals surface area contributed by atoms with Crippen LogP contribution in [0.5, 0.6) is 0 Å². The number of rotatable bonds is 4. The molecule has 1 aromatic heterocycles. The van der Waals surface area contributed by atoms with Crippen molar-refractivity contribution in [3.05, 3.63) is 60.5 Å². The van der Waals surface area contributed by atoms with E-state index in [0.29, 0.717) is 11.9 Å². The molecular weight excluding hydrogens is 274 g/mol. The highest BCUT2D eigenvalue weighted by molar-refractivity contribution is 6.16. The van der Waals surface area contributed by atoms with Crippen molar-refractivity contribution >= 4 is 23.3 Å². The van der Waals surface area contributed by atoms with Crippen LogP contribution < -0.4 is 5.32 Å². The number of halogens is 1. The van der Waals surface area contributed by atoms with Gasteiger partial charge in [-0.2, -0.15) is 0 Å². The molecule has 0 amide bonds. The third-order valence-corrected chi connectivity index (χ3v) is 3.05. The topological polar surface area (TPSA) is 51.0 Å². The molecule has 0 spiro atoms. The molecule has 0 unspecified atom stereocenters. The fourth-order valence-electron chi connectivity index (χ4n) is 1.86. The van der Waals surface area contributed by atoms with Crippen LogP contribution in [0.1, 0.15) is 5.89 Å². The standard InChI is InChI=1S/C15H12ClN3O/c16-10-14-18-19-15(20-14)17-13-8-6-12(7-9-13)11-4-2-1-3-5-11/h1-9H,10H2,(H,17,19). The van der Waals surface area contributed by atoms with Crippen molar-refractivity contribution in [3.63, 3.8) is 0 Å². The molecule has 1 heterocycles. The summed E-state index contributed by atoms with van der Waals surface area (Å²) in [6.45, 7) is 0. The van der Waals surface area contributed by atoms with Gasteiger partial charge in [-0.05, 0) is 23.3 Å². The molecule has 4 nitrogen and oxygen atoms in total. The predicted octanol–water partition coefficient (Wildman–Crippen LogP) is 4.22. The SMILES string of the molecule is ClCc1nnc(Nc2ccc(-c3ccccc3)cc2)o1. The third kappa shape index (κ3) is 2.81. The maximum atomic E-state index is 5.61. The molecule has 0 fully saturated rings. The van der Waals surface area contributed by atoms with Crippen molar-refractivity contribution < 1.29 is 4.42 Å². The van der Waals surface area contributed by atoms with Gasteiger partial charge in [-0.25, -0.2) is 0 Å². The number of anilines is 2. The maximum Gasteiger partial charge on any atom is 0.320 e. The Balaban J connectivity index is 1.76. The second-order valence-corrected chi connectivity index (χ2v) is 4.47. The molecule has 2 aromatic carbocycles. The fourth-order valence-corrected chi connectivity index (χ4v) is 1.97. The Morgan fingerprint density at radius 2 is 1.60 bits per heavy atom. The molecule has 0 aliphatic heterocycles. The molecule has 5 heteroatoms. The lowest BCUT2D eigenvalue weighted by Gasteiger charge is -2.04. The summed E-state index contributed by atoms with van der Waals surface area (Å²) >= 11 is 5.61. The van der Waals surface area contributed by atoms with Crippen LogP contribution in [0.3, 0.4) is 0 Å². The molecule has 3 aromatic rings. The van der Waals surface area contributed by atoms with Crippen molar-refractivity contribution in [1.29, 1.82) is 0 Å². The smallest absolute Gasteiger partial charge is 0.320 e. The Labute approximate surface area is 121 Å². The number of aromatic nitrogens is 2. The van der Waals surface area contributed by atoms with Gasteiger partial charge >= 0.3 is 6.01 Å². The van der Waals surface area contributed by atoms with Gasteiger partial charge in [0.1, 0.15) is 5.88 Å². The lowest BCUT2D eigenvalue weighted by atomic mass is 10.1. The van der Waals surface area contributed by atoms with Crippen LogP contribution in [-0.2, 0) is 5.88 Å². The summed E-state index contributed by atoms with van der Waals surface area (Å²) in [4.78, 5) is 0. The highest BCUT2D eigenvalue weighted by Gasteiger charge is 2.05. The summed E-state index contributed by atoms with van der Waals surface area (Å²) in [6, 6.07) is 18.5. The number of hydrogen-bond acceptors (Lipinski definition) is 4. The number of nitrogens with zero attached hydrogens (tertiary/aromatic N) is 2. The second-order valence-electron chi connectivity index (χ2n) is 4.20. The van der Waals surface area contributed by atoms with Gasteiger partial charge in [-0.1, -0.05) is 47.6 Å². The van der Waals surface area contributed by atoms with E-state index in [1.54, 1.807) is 0 Å². The Bertz CT molecular complexity index is 680. The second kappa shape index (κ2) is 5.75. The van der Waals surface area contributed by atoms with Crippen molar-refractivity contribution in [2.45, 2.75) is 5.88 Å². The molecule has 20 heavy (non-hydrogen) atoms. The zero-order chi connectivity index (χ0) is 13.8. The molecule has 100 valence electrons. The molecule has 0 saturated heterocycles. The van der Waals surface area contributed by atoms with Crippen molar-refractivity contribution in [1.82, 2.24) is 10.2 Å². The van der Waals surface area contributed by atoms with Gasteiger partial charge < -0.3 is 9.73 Å². The van der Waals surface area contributed by atoms with E-state index in [1.165, 1.54) is 5.56 Å². The van der Waals surface area contributed by atoms with Crippen molar-refractivity contribution in [2.75, 3.05) is 5.32 Å². The van der Waals surface area contributed by atoms with E-state index in [4.69, 9.17) is 16.0 Å². The number of alkyl halides is 1. The fraction of sp³-hybridized carbons (Fsp3) is 0.0667. The number of hydrogen-bond donors (Lipinski definition) is 1. The van der Waals surface area contributed by atoms with E-state index in [0.717, 1.165) is 11.3 Å². The Morgan fingerprint density at radius 1 is 0.900 bits per heavy atom. The highest BCUT2D eigenvalue weighted by Crippen LogP contribution is 2.22. The molecule has 0 bridgehead atoms. The molecular formula is C15H12ClN3O. The van der Waals surface area contributed by atoms with Crippen LogP contribution in [0.4, 0.5) is 11.7 Å². The summed E-state index contributed by atoms with van der Waals surface area (Å²) in [7, 11) is 0. The van der Waals surface area contributed by atoms with E-state index in [2.05, 4.69) is 27.6 Å². The van der Waals surface area contributed by atoms with Crippen LogP contribution in [0.2, 0.25) is 0 Å². The number of benzene rings is 2. The first-order valence-corrected chi connectivity index (χ1v) is 6.69. The minimum atomic E-state index is 0.210. The van der Waals surface area contributed by atoms with Crippen LogP contribution >= 0.6 is 11.6 Å². The van der Waals surface area contributed by atoms with Crippen LogP contribution in [0.15, 0.2) is 59.0 Å². The lowest BCUT2D eigenvalue weighted by molar-refractivity contribution is 0.530. The van der Waals surface area contributed by atoms with Gasteiger partial charge in [0.15, 0.2) is 0 Å². The quantitative estimate of drug-likeness (QED) is 0.729. The predicted molar refractivity (Wildman–Crippen MR) is 79.0 cm³/mol. The highest BCUT2D eigenvalue weighted by atomic mass is 35.5. The van der Waals surface area contributed by atoms with E-state index in [-0.39, 0.29) is 5.88 Å². The summed E-state index contributed by atoms with van der Waals surface area (Å²) in [5.74, 6) is 0.608. The van der Waals surface area contributed by atoms with E-state index in [1.807, 2.05) is 42.5 Å². The summed E-state index contributed by atoms with van der Waals surface area (Å²) in [5.41, 5.74) is 3.22. The van der Waals surface area contributed by atoms with Crippen molar-refractivity contribution in [2.24, 2.45) is 0 Å². The molecule has 0 radical (unpaired) electrons. The van der Waals surface area contributed by atoms with E-state index in [9.17, 15) is 0 Å². The number of nitrogens with one attached hydrogen (secondary N) is 1. The Morgan fingerprint density at radius 3 is 2.25 bits per heavy atom. The zero-order valence-electron chi connectivity index (χ0n) is 10.6. The minimum Gasteiger partial charge on any atom is -0.407 e. The third-order valence-electron chi connectivity index (χ3n) is 2.82. The zero-order valence-corrected chi connectivity index (χ0v) is 11.3. The molecule has 0 atom stereocenters. The molecule has 0 aliphatic carbocycles.